The second kappa shape index (κ2) is 7.27. The van der Waals surface area contributed by atoms with Crippen LogP contribution in [0.1, 0.15) is 10.9 Å². The number of halogens is 3. The lowest BCUT2D eigenvalue weighted by Gasteiger charge is -2.25. The number of aliphatic hydroxyl groups excluding tert-OH is 1. The lowest BCUT2D eigenvalue weighted by Crippen LogP contribution is -2.48. The van der Waals surface area contributed by atoms with E-state index in [2.05, 4.69) is 0 Å². The predicted molar refractivity (Wildman–Crippen MR) is 67.9 cm³/mol. The highest BCUT2D eigenvalue weighted by Gasteiger charge is 2.34. The smallest absolute Gasteiger partial charge is 0.406 e. The average Bonchev–Trinajstić information content (AvgIpc) is 2.86. The summed E-state index contributed by atoms with van der Waals surface area (Å²) in [6.07, 6.45) is -4.64. The maximum absolute atomic E-state index is 12.3. The standard InChI is InChI=1S/C11H13F3N2O4S/c12-11(13,14)6-16(3-4-17)10(20)15-8(9(18)19)7-2-1-5-21-7/h1-2,5,8,17H,3-4,6H2,(H,15,20)(H,18,19). The number of rotatable bonds is 6. The van der Waals surface area contributed by atoms with Crippen molar-refractivity contribution in [2.45, 2.75) is 12.2 Å². The van der Waals surface area contributed by atoms with Crippen LogP contribution >= 0.6 is 11.3 Å². The third-order valence-corrected chi connectivity index (χ3v) is 3.31. The molecule has 10 heteroatoms. The van der Waals surface area contributed by atoms with E-state index < -0.39 is 43.9 Å². The highest BCUT2D eigenvalue weighted by molar-refractivity contribution is 7.10. The quantitative estimate of drug-likeness (QED) is 0.738. The normalized spacial score (nSPS) is 12.8. The molecule has 1 heterocycles. The largest absolute Gasteiger partial charge is 0.479 e. The molecule has 0 saturated carbocycles. The number of carboxylic acids is 1. The minimum atomic E-state index is -4.64. The van der Waals surface area contributed by atoms with Gasteiger partial charge in [0.15, 0.2) is 6.04 Å². The number of amides is 2. The van der Waals surface area contributed by atoms with Crippen LogP contribution < -0.4 is 5.32 Å². The Balaban J connectivity index is 2.81. The van der Waals surface area contributed by atoms with Gasteiger partial charge in [0.2, 0.25) is 0 Å². The Bertz CT molecular complexity index is 478. The van der Waals surface area contributed by atoms with Gasteiger partial charge in [-0.2, -0.15) is 13.2 Å². The van der Waals surface area contributed by atoms with Crippen LogP contribution in [0.5, 0.6) is 0 Å². The summed E-state index contributed by atoms with van der Waals surface area (Å²) in [5.41, 5.74) is 0. The first-order valence-electron chi connectivity index (χ1n) is 5.74. The summed E-state index contributed by atoms with van der Waals surface area (Å²) in [5, 5.41) is 21.3. The summed E-state index contributed by atoms with van der Waals surface area (Å²) >= 11 is 1.05. The second-order valence-electron chi connectivity index (χ2n) is 4.00. The third-order valence-electron chi connectivity index (χ3n) is 2.37. The number of hydrogen-bond acceptors (Lipinski definition) is 4. The zero-order valence-corrected chi connectivity index (χ0v) is 11.4. The second-order valence-corrected chi connectivity index (χ2v) is 4.98. The van der Waals surface area contributed by atoms with Gasteiger partial charge < -0.3 is 20.4 Å². The summed E-state index contributed by atoms with van der Waals surface area (Å²) in [5.74, 6) is -1.39. The monoisotopic (exact) mass is 326 g/mol. The van der Waals surface area contributed by atoms with E-state index in [0.717, 1.165) is 11.3 Å². The fourth-order valence-electron chi connectivity index (χ4n) is 1.51. The first-order chi connectivity index (χ1) is 9.74. The SMILES string of the molecule is O=C(O)C(NC(=O)N(CCO)CC(F)(F)F)c1cccs1. The molecule has 1 aromatic heterocycles. The van der Waals surface area contributed by atoms with Gasteiger partial charge in [-0.1, -0.05) is 6.07 Å². The Morgan fingerprint density at radius 1 is 1.43 bits per heavy atom. The van der Waals surface area contributed by atoms with E-state index >= 15 is 0 Å². The van der Waals surface area contributed by atoms with Crippen LogP contribution in [-0.4, -0.2) is 53.0 Å². The molecule has 0 saturated heterocycles. The van der Waals surface area contributed by atoms with Crippen LogP contribution in [0, 0.1) is 0 Å². The molecule has 118 valence electrons. The zero-order valence-electron chi connectivity index (χ0n) is 10.6. The Kier molecular flexibility index (Phi) is 5.97. The molecular formula is C11H13F3N2O4S. The molecule has 0 aliphatic carbocycles. The van der Waals surface area contributed by atoms with E-state index in [9.17, 15) is 22.8 Å². The molecule has 21 heavy (non-hydrogen) atoms. The highest BCUT2D eigenvalue weighted by atomic mass is 32.1. The molecule has 0 aromatic carbocycles. The van der Waals surface area contributed by atoms with Crippen LogP contribution in [0.15, 0.2) is 17.5 Å². The van der Waals surface area contributed by atoms with Gasteiger partial charge in [-0.15, -0.1) is 11.3 Å². The van der Waals surface area contributed by atoms with Crippen molar-refractivity contribution in [3.8, 4) is 0 Å². The van der Waals surface area contributed by atoms with Gasteiger partial charge in [-0.3, -0.25) is 0 Å². The number of aliphatic hydroxyl groups is 1. The average molecular weight is 326 g/mol. The van der Waals surface area contributed by atoms with Crippen molar-refractivity contribution in [3.05, 3.63) is 22.4 Å². The maximum Gasteiger partial charge on any atom is 0.406 e. The lowest BCUT2D eigenvalue weighted by atomic mass is 10.2. The van der Waals surface area contributed by atoms with E-state index in [-0.39, 0.29) is 4.88 Å². The molecular weight excluding hydrogens is 313 g/mol. The van der Waals surface area contributed by atoms with Gasteiger partial charge in [0.1, 0.15) is 6.54 Å². The van der Waals surface area contributed by atoms with Crippen LogP contribution in [0.3, 0.4) is 0 Å². The maximum atomic E-state index is 12.3. The first-order valence-corrected chi connectivity index (χ1v) is 6.62. The van der Waals surface area contributed by atoms with Gasteiger partial charge in [0, 0.05) is 11.4 Å². The Labute approximate surface area is 121 Å². The summed E-state index contributed by atoms with van der Waals surface area (Å²) in [6, 6.07) is 0.363. The number of carbonyl (C=O) groups excluding carboxylic acids is 1. The third kappa shape index (κ3) is 5.60. The number of urea groups is 1. The fraction of sp³-hybridized carbons (Fsp3) is 0.455. The number of carbonyl (C=O) groups is 2. The van der Waals surface area contributed by atoms with Crippen LogP contribution in [-0.2, 0) is 4.79 Å². The minimum Gasteiger partial charge on any atom is -0.479 e. The van der Waals surface area contributed by atoms with Crippen LogP contribution in [0.2, 0.25) is 0 Å². The number of hydrogen-bond donors (Lipinski definition) is 3. The van der Waals surface area contributed by atoms with Crippen molar-refractivity contribution < 1.29 is 33.0 Å². The Morgan fingerprint density at radius 2 is 2.10 bits per heavy atom. The molecule has 0 aliphatic heterocycles. The summed E-state index contributed by atoms with van der Waals surface area (Å²) < 4.78 is 37.0. The zero-order chi connectivity index (χ0) is 16.0. The predicted octanol–water partition coefficient (Wildman–Crippen LogP) is 1.44. The van der Waals surface area contributed by atoms with Crippen LogP contribution in [0.4, 0.5) is 18.0 Å². The molecule has 3 N–H and O–H groups in total. The van der Waals surface area contributed by atoms with Crippen LogP contribution in [0.25, 0.3) is 0 Å². The summed E-state index contributed by atoms with van der Waals surface area (Å²) in [4.78, 5) is 23.5. The minimum absolute atomic E-state index is 0.284. The van der Waals surface area contributed by atoms with Crippen molar-refractivity contribution >= 4 is 23.3 Å². The van der Waals surface area contributed by atoms with E-state index in [1.54, 1.807) is 11.4 Å². The van der Waals surface area contributed by atoms with Gasteiger partial charge in [-0.05, 0) is 11.4 Å². The van der Waals surface area contributed by atoms with E-state index in [0.29, 0.717) is 4.90 Å². The first kappa shape index (κ1) is 17.2. The molecule has 1 aromatic rings. The van der Waals surface area contributed by atoms with Crippen molar-refractivity contribution in [1.82, 2.24) is 10.2 Å². The molecule has 0 bridgehead atoms. The van der Waals surface area contributed by atoms with Crippen molar-refractivity contribution in [2.24, 2.45) is 0 Å². The molecule has 1 rings (SSSR count). The molecule has 0 fully saturated rings. The highest BCUT2D eigenvalue weighted by Crippen LogP contribution is 2.21. The van der Waals surface area contributed by atoms with Crippen molar-refractivity contribution in [1.29, 1.82) is 0 Å². The fourth-order valence-corrected chi connectivity index (χ4v) is 2.28. The van der Waals surface area contributed by atoms with Gasteiger partial charge in [0.25, 0.3) is 0 Å². The summed E-state index contributed by atoms with van der Waals surface area (Å²) in [6.45, 7) is -2.79. The topological polar surface area (TPSA) is 89.9 Å². The number of aliphatic carboxylic acids is 1. The van der Waals surface area contributed by atoms with E-state index in [1.807, 2.05) is 5.32 Å². The molecule has 1 atom stereocenters. The number of alkyl halides is 3. The van der Waals surface area contributed by atoms with Gasteiger partial charge in [0.05, 0.1) is 6.61 Å². The van der Waals surface area contributed by atoms with E-state index in [4.69, 9.17) is 10.2 Å². The Morgan fingerprint density at radius 3 is 2.52 bits per heavy atom. The Hall–Kier alpha value is -1.81. The summed E-state index contributed by atoms with van der Waals surface area (Å²) in [7, 11) is 0. The van der Waals surface area contributed by atoms with Crippen molar-refractivity contribution in [3.63, 3.8) is 0 Å². The van der Waals surface area contributed by atoms with Gasteiger partial charge in [-0.25, -0.2) is 9.59 Å². The lowest BCUT2D eigenvalue weighted by molar-refractivity contribution is -0.141. The number of nitrogens with one attached hydrogen (secondary N) is 1. The molecule has 0 aliphatic rings. The number of nitrogens with zero attached hydrogens (tertiary/aromatic N) is 1. The molecule has 1 unspecified atom stereocenters. The molecule has 2 amide bonds. The van der Waals surface area contributed by atoms with E-state index in [1.165, 1.54) is 6.07 Å². The van der Waals surface area contributed by atoms with Crippen molar-refractivity contribution in [2.75, 3.05) is 19.7 Å². The molecule has 6 nitrogen and oxygen atoms in total. The molecule has 0 spiro atoms. The van der Waals surface area contributed by atoms with Gasteiger partial charge >= 0.3 is 18.2 Å². The number of thiophene rings is 1. The number of carboxylic acid groups (broad SMARTS) is 1. The molecule has 0 radical (unpaired) electrons.